The Bertz CT molecular complexity index is 58.4. The van der Waals surface area contributed by atoms with Crippen LogP contribution in [-0.2, 0) is 0 Å². The summed E-state index contributed by atoms with van der Waals surface area (Å²) in [5, 5.41) is 0. The van der Waals surface area contributed by atoms with Gasteiger partial charge < -0.3 is 0 Å². The fourth-order valence-corrected chi connectivity index (χ4v) is 1.56. The van der Waals surface area contributed by atoms with Gasteiger partial charge >= 0.3 is 0 Å². The van der Waals surface area contributed by atoms with Gasteiger partial charge in [0.25, 0.3) is 0 Å². The van der Waals surface area contributed by atoms with Crippen LogP contribution in [0.3, 0.4) is 0 Å². The molecule has 0 aromatic heterocycles. The SMILES string of the molecule is CCC1C[CH]CCCC1. The Balaban J connectivity index is 2.18. The highest BCUT2D eigenvalue weighted by Crippen LogP contribution is 2.23. The summed E-state index contributed by atoms with van der Waals surface area (Å²) >= 11 is 0. The third kappa shape index (κ3) is 2.38. The van der Waals surface area contributed by atoms with E-state index in [-0.39, 0.29) is 0 Å². The summed E-state index contributed by atoms with van der Waals surface area (Å²) in [7, 11) is 0. The van der Waals surface area contributed by atoms with Crippen LogP contribution in [0.5, 0.6) is 0 Å². The van der Waals surface area contributed by atoms with Crippen molar-refractivity contribution in [2.45, 2.75) is 45.4 Å². The fourth-order valence-electron chi connectivity index (χ4n) is 1.56. The van der Waals surface area contributed by atoms with Crippen LogP contribution >= 0.6 is 0 Å². The lowest BCUT2D eigenvalue weighted by Gasteiger charge is -2.08. The van der Waals surface area contributed by atoms with Gasteiger partial charge in [-0.3, -0.25) is 0 Å². The van der Waals surface area contributed by atoms with Gasteiger partial charge in [-0.15, -0.1) is 0 Å². The Kier molecular flexibility index (Phi) is 3.10. The number of rotatable bonds is 1. The molecule has 9 heavy (non-hydrogen) atoms. The lowest BCUT2D eigenvalue weighted by molar-refractivity contribution is 0.469. The van der Waals surface area contributed by atoms with Gasteiger partial charge in [-0.1, -0.05) is 39.0 Å². The average molecular weight is 125 g/mol. The molecule has 0 N–H and O–H groups in total. The molecule has 0 bridgehead atoms. The summed E-state index contributed by atoms with van der Waals surface area (Å²) in [4.78, 5) is 0. The minimum atomic E-state index is 1.02. The van der Waals surface area contributed by atoms with Crippen molar-refractivity contribution < 1.29 is 0 Å². The number of hydrogen-bond donors (Lipinski definition) is 0. The molecule has 0 aliphatic heterocycles. The quantitative estimate of drug-likeness (QED) is 0.472. The van der Waals surface area contributed by atoms with Crippen LogP contribution in [0, 0.1) is 12.3 Å². The molecule has 1 unspecified atom stereocenters. The smallest absolute Gasteiger partial charge is 0.0383 e. The van der Waals surface area contributed by atoms with Gasteiger partial charge in [0.2, 0.25) is 0 Å². The van der Waals surface area contributed by atoms with Crippen molar-refractivity contribution in [3.8, 4) is 0 Å². The third-order valence-corrected chi connectivity index (χ3v) is 2.35. The Morgan fingerprint density at radius 2 is 2.33 bits per heavy atom. The van der Waals surface area contributed by atoms with Crippen LogP contribution in [0.25, 0.3) is 0 Å². The van der Waals surface area contributed by atoms with Gasteiger partial charge in [-0.05, 0) is 18.8 Å². The van der Waals surface area contributed by atoms with E-state index in [1.165, 1.54) is 38.5 Å². The summed E-state index contributed by atoms with van der Waals surface area (Å²) in [6, 6.07) is 0. The summed E-state index contributed by atoms with van der Waals surface area (Å²) in [5.74, 6) is 1.02. The van der Waals surface area contributed by atoms with E-state index in [1.807, 2.05) is 0 Å². The molecule has 53 valence electrons. The molecule has 1 atom stereocenters. The van der Waals surface area contributed by atoms with E-state index >= 15 is 0 Å². The summed E-state index contributed by atoms with van der Waals surface area (Å²) in [6.07, 6.45) is 11.0. The predicted octanol–water partition coefficient (Wildman–Crippen LogP) is 3.18. The van der Waals surface area contributed by atoms with Crippen LogP contribution in [0.4, 0.5) is 0 Å². The first kappa shape index (κ1) is 7.11. The van der Waals surface area contributed by atoms with Crippen molar-refractivity contribution >= 4 is 0 Å². The minimum absolute atomic E-state index is 1.02. The van der Waals surface area contributed by atoms with Gasteiger partial charge in [0.1, 0.15) is 0 Å². The van der Waals surface area contributed by atoms with E-state index in [0.29, 0.717) is 0 Å². The zero-order chi connectivity index (χ0) is 6.53. The van der Waals surface area contributed by atoms with E-state index in [0.717, 1.165) is 5.92 Å². The molecule has 0 amide bonds. The van der Waals surface area contributed by atoms with Crippen molar-refractivity contribution in [2.75, 3.05) is 0 Å². The first-order chi connectivity index (χ1) is 4.43. The highest BCUT2D eigenvalue weighted by molar-refractivity contribution is 4.74. The molecule has 0 aromatic rings. The lowest BCUT2D eigenvalue weighted by Crippen LogP contribution is -1.94. The fraction of sp³-hybridized carbons (Fsp3) is 0.889. The molecule has 1 saturated carbocycles. The lowest BCUT2D eigenvalue weighted by atomic mass is 9.98. The van der Waals surface area contributed by atoms with Crippen molar-refractivity contribution in [3.63, 3.8) is 0 Å². The summed E-state index contributed by atoms with van der Waals surface area (Å²) in [5.41, 5.74) is 0. The second-order valence-electron chi connectivity index (χ2n) is 3.08. The molecule has 0 heterocycles. The predicted molar refractivity (Wildman–Crippen MR) is 41.2 cm³/mol. The zero-order valence-corrected chi connectivity index (χ0v) is 6.40. The first-order valence-corrected chi connectivity index (χ1v) is 4.25. The van der Waals surface area contributed by atoms with Gasteiger partial charge in [0, 0.05) is 0 Å². The molecule has 1 aliphatic rings. The zero-order valence-electron chi connectivity index (χ0n) is 6.40. The standard InChI is InChI=1S/C9H17/c1-2-9-7-5-3-4-6-8-9/h5,9H,2-4,6-8H2,1H3. The van der Waals surface area contributed by atoms with Crippen LogP contribution in [-0.4, -0.2) is 0 Å². The molecule has 1 radical (unpaired) electrons. The molecule has 1 fully saturated rings. The van der Waals surface area contributed by atoms with Gasteiger partial charge in [-0.2, -0.15) is 0 Å². The first-order valence-electron chi connectivity index (χ1n) is 4.25. The second-order valence-corrected chi connectivity index (χ2v) is 3.08. The maximum absolute atomic E-state index is 2.47. The van der Waals surface area contributed by atoms with E-state index in [2.05, 4.69) is 13.3 Å². The van der Waals surface area contributed by atoms with Crippen LogP contribution in [0.15, 0.2) is 0 Å². The van der Waals surface area contributed by atoms with E-state index < -0.39 is 0 Å². The minimum Gasteiger partial charge on any atom is -0.0651 e. The molecule has 0 spiro atoms. The summed E-state index contributed by atoms with van der Waals surface area (Å²) < 4.78 is 0. The van der Waals surface area contributed by atoms with Crippen molar-refractivity contribution in [1.82, 2.24) is 0 Å². The topological polar surface area (TPSA) is 0 Å². The normalized spacial score (nSPS) is 23.7. The Morgan fingerprint density at radius 3 is 3.11 bits per heavy atom. The maximum Gasteiger partial charge on any atom is -0.0383 e. The monoisotopic (exact) mass is 125 g/mol. The van der Waals surface area contributed by atoms with Crippen LogP contribution in [0.2, 0.25) is 0 Å². The molecule has 0 nitrogen and oxygen atoms in total. The number of hydrogen-bond acceptors (Lipinski definition) is 0. The average Bonchev–Trinajstić information content (AvgIpc) is 2.13. The molecule has 0 heteroatoms. The molecule has 0 saturated heterocycles. The van der Waals surface area contributed by atoms with Crippen molar-refractivity contribution in [2.24, 2.45) is 5.92 Å². The molecule has 1 aliphatic carbocycles. The van der Waals surface area contributed by atoms with Gasteiger partial charge in [-0.25, -0.2) is 0 Å². The van der Waals surface area contributed by atoms with E-state index in [1.54, 1.807) is 0 Å². The van der Waals surface area contributed by atoms with Crippen molar-refractivity contribution in [3.05, 3.63) is 6.42 Å². The largest absolute Gasteiger partial charge is 0.0651 e. The Hall–Kier alpha value is 0. The maximum atomic E-state index is 2.47. The summed E-state index contributed by atoms with van der Waals surface area (Å²) in [6.45, 7) is 2.31. The Labute approximate surface area is 58.7 Å². The van der Waals surface area contributed by atoms with Crippen LogP contribution in [0.1, 0.15) is 45.4 Å². The van der Waals surface area contributed by atoms with Gasteiger partial charge in [0.15, 0.2) is 0 Å². The molecule has 1 rings (SSSR count). The highest BCUT2D eigenvalue weighted by atomic mass is 14.1. The molecular formula is C9H17. The highest BCUT2D eigenvalue weighted by Gasteiger charge is 2.08. The third-order valence-electron chi connectivity index (χ3n) is 2.35. The second kappa shape index (κ2) is 3.92. The van der Waals surface area contributed by atoms with Crippen LogP contribution < -0.4 is 0 Å². The molecule has 0 aromatic carbocycles. The van der Waals surface area contributed by atoms with E-state index in [9.17, 15) is 0 Å². The van der Waals surface area contributed by atoms with Crippen molar-refractivity contribution in [1.29, 1.82) is 0 Å². The molecular weight excluding hydrogens is 108 g/mol. The van der Waals surface area contributed by atoms with Gasteiger partial charge in [0.05, 0.1) is 0 Å². The Morgan fingerprint density at radius 1 is 1.44 bits per heavy atom. The van der Waals surface area contributed by atoms with E-state index in [4.69, 9.17) is 0 Å².